The van der Waals surface area contributed by atoms with Gasteiger partial charge in [-0.15, -0.1) is 0 Å². The number of esters is 1. The van der Waals surface area contributed by atoms with Crippen LogP contribution in [0, 0.1) is 5.82 Å². The Kier molecular flexibility index (Phi) is 5.39. The number of hydrogen-bond donors (Lipinski definition) is 1. The Morgan fingerprint density at radius 3 is 2.54 bits per heavy atom. The topological polar surface area (TPSA) is 72.5 Å². The molecule has 0 unspecified atom stereocenters. The number of imide groups is 1. The van der Waals surface area contributed by atoms with Gasteiger partial charge in [0.25, 0.3) is 11.1 Å². The molecule has 2 aromatic rings. The van der Waals surface area contributed by atoms with E-state index in [0.717, 1.165) is 11.8 Å². The van der Waals surface area contributed by atoms with Crippen molar-refractivity contribution in [1.82, 2.24) is 5.32 Å². The largest absolute Gasteiger partial charge is 0.425 e. The zero-order valence-corrected chi connectivity index (χ0v) is 14.7. The molecule has 0 radical (unpaired) electrons. The van der Waals surface area contributed by atoms with E-state index in [1.807, 2.05) is 0 Å². The van der Waals surface area contributed by atoms with Crippen LogP contribution in [0.2, 0.25) is 5.02 Å². The van der Waals surface area contributed by atoms with E-state index in [1.165, 1.54) is 42.5 Å². The molecule has 0 saturated carbocycles. The highest BCUT2D eigenvalue weighted by Crippen LogP contribution is 2.30. The third kappa shape index (κ3) is 4.50. The lowest BCUT2D eigenvalue weighted by Gasteiger charge is -2.07. The molecule has 8 heteroatoms. The second-order valence-electron chi connectivity index (χ2n) is 5.32. The number of halogens is 2. The summed E-state index contributed by atoms with van der Waals surface area (Å²) in [5.74, 6) is -1.22. The van der Waals surface area contributed by atoms with E-state index >= 15 is 0 Å². The molecule has 1 N–H and O–H groups in total. The first-order valence-electron chi connectivity index (χ1n) is 7.40. The van der Waals surface area contributed by atoms with E-state index in [1.54, 1.807) is 6.07 Å². The van der Waals surface area contributed by atoms with Crippen LogP contribution in [-0.2, 0) is 16.0 Å². The van der Waals surface area contributed by atoms with Gasteiger partial charge in [0.2, 0.25) is 0 Å². The average molecular weight is 392 g/mol. The highest BCUT2D eigenvalue weighted by atomic mass is 35.5. The van der Waals surface area contributed by atoms with Crippen LogP contribution >= 0.6 is 23.4 Å². The van der Waals surface area contributed by atoms with Crippen molar-refractivity contribution in [3.8, 4) is 5.75 Å². The number of rotatable bonds is 4. The molecule has 0 bridgehead atoms. The summed E-state index contributed by atoms with van der Waals surface area (Å²) in [5.41, 5.74) is 1.20. The van der Waals surface area contributed by atoms with Crippen LogP contribution in [0.4, 0.5) is 9.18 Å². The average Bonchev–Trinajstić information content (AvgIpc) is 2.89. The van der Waals surface area contributed by atoms with E-state index in [9.17, 15) is 18.8 Å². The third-order valence-electron chi connectivity index (χ3n) is 3.38. The molecule has 0 spiro atoms. The highest BCUT2D eigenvalue weighted by Gasteiger charge is 2.25. The summed E-state index contributed by atoms with van der Waals surface area (Å²) in [6.45, 7) is 0. The van der Waals surface area contributed by atoms with Gasteiger partial charge >= 0.3 is 5.97 Å². The van der Waals surface area contributed by atoms with Crippen LogP contribution in [0.25, 0.3) is 6.08 Å². The first kappa shape index (κ1) is 18.2. The maximum atomic E-state index is 12.9. The summed E-state index contributed by atoms with van der Waals surface area (Å²) in [5, 5.41) is 1.91. The number of ether oxygens (including phenoxy) is 1. The fourth-order valence-electron chi connectivity index (χ4n) is 2.19. The van der Waals surface area contributed by atoms with Gasteiger partial charge in [0.15, 0.2) is 0 Å². The SMILES string of the molecule is O=C(Cc1ccc(F)cc1)Oc1ccc(C=C2SC(=O)NC2=O)cc1Cl. The predicted molar refractivity (Wildman–Crippen MR) is 96.3 cm³/mol. The maximum Gasteiger partial charge on any atom is 0.315 e. The molecule has 3 rings (SSSR count). The van der Waals surface area contributed by atoms with Crippen molar-refractivity contribution in [2.75, 3.05) is 0 Å². The Labute approximate surface area is 157 Å². The van der Waals surface area contributed by atoms with E-state index in [-0.39, 0.29) is 27.9 Å². The smallest absolute Gasteiger partial charge is 0.315 e. The fraction of sp³-hybridized carbons (Fsp3) is 0.0556. The molecule has 2 aromatic carbocycles. The molecule has 26 heavy (non-hydrogen) atoms. The summed E-state index contributed by atoms with van der Waals surface area (Å²) < 4.78 is 18.1. The Hall–Kier alpha value is -2.64. The van der Waals surface area contributed by atoms with Crippen LogP contribution in [0.1, 0.15) is 11.1 Å². The van der Waals surface area contributed by atoms with Gasteiger partial charge in [-0.25, -0.2) is 4.39 Å². The van der Waals surface area contributed by atoms with Crippen molar-refractivity contribution in [3.05, 3.63) is 69.3 Å². The van der Waals surface area contributed by atoms with E-state index < -0.39 is 17.1 Å². The van der Waals surface area contributed by atoms with E-state index in [4.69, 9.17) is 16.3 Å². The third-order valence-corrected chi connectivity index (χ3v) is 4.49. The van der Waals surface area contributed by atoms with Gasteiger partial charge in [-0.3, -0.25) is 19.7 Å². The normalized spacial score (nSPS) is 15.2. The van der Waals surface area contributed by atoms with E-state index in [2.05, 4.69) is 5.32 Å². The molecular weight excluding hydrogens is 381 g/mol. The first-order valence-corrected chi connectivity index (χ1v) is 8.60. The van der Waals surface area contributed by atoms with Crippen LogP contribution in [-0.4, -0.2) is 17.1 Å². The molecule has 0 aliphatic carbocycles. The van der Waals surface area contributed by atoms with Crippen molar-refractivity contribution in [1.29, 1.82) is 0 Å². The van der Waals surface area contributed by atoms with Gasteiger partial charge in [0.1, 0.15) is 11.6 Å². The lowest BCUT2D eigenvalue weighted by atomic mass is 10.1. The predicted octanol–water partition coefficient (Wildman–Crippen LogP) is 3.95. The van der Waals surface area contributed by atoms with Crippen LogP contribution in [0.15, 0.2) is 47.4 Å². The molecular formula is C18H11ClFNO4S. The Morgan fingerprint density at radius 1 is 1.19 bits per heavy atom. The summed E-state index contributed by atoms with van der Waals surface area (Å²) in [6.07, 6.45) is 1.49. The minimum Gasteiger partial charge on any atom is -0.425 e. The molecule has 5 nitrogen and oxygen atoms in total. The summed E-state index contributed by atoms with van der Waals surface area (Å²) in [4.78, 5) is 34.9. The molecule has 132 valence electrons. The van der Waals surface area contributed by atoms with Gasteiger partial charge in [0, 0.05) is 0 Å². The van der Waals surface area contributed by atoms with E-state index in [0.29, 0.717) is 11.1 Å². The van der Waals surface area contributed by atoms with Gasteiger partial charge in [-0.2, -0.15) is 0 Å². The molecule has 1 heterocycles. The van der Waals surface area contributed by atoms with Gasteiger partial charge in [0.05, 0.1) is 16.3 Å². The standard InChI is InChI=1S/C18H11ClFNO4S/c19-13-7-11(8-15-17(23)21-18(24)26-15)3-6-14(13)25-16(22)9-10-1-4-12(20)5-2-10/h1-8H,9H2,(H,21,23,24). The minimum atomic E-state index is -0.541. The number of amides is 2. The van der Waals surface area contributed by atoms with Gasteiger partial charge in [-0.1, -0.05) is 29.8 Å². The van der Waals surface area contributed by atoms with Crippen molar-refractivity contribution >= 4 is 46.6 Å². The van der Waals surface area contributed by atoms with Crippen LogP contribution in [0.3, 0.4) is 0 Å². The van der Waals surface area contributed by atoms with Gasteiger partial charge < -0.3 is 4.74 Å². The Bertz CT molecular complexity index is 927. The van der Waals surface area contributed by atoms with Gasteiger partial charge in [-0.05, 0) is 53.2 Å². The number of carbonyl (C=O) groups is 3. The number of thioether (sulfide) groups is 1. The number of nitrogens with one attached hydrogen (secondary N) is 1. The van der Waals surface area contributed by atoms with Crippen LogP contribution in [0.5, 0.6) is 5.75 Å². The van der Waals surface area contributed by atoms with Crippen molar-refractivity contribution < 1.29 is 23.5 Å². The van der Waals surface area contributed by atoms with Crippen molar-refractivity contribution in [3.63, 3.8) is 0 Å². The quantitative estimate of drug-likeness (QED) is 0.485. The molecule has 1 saturated heterocycles. The summed E-state index contributed by atoms with van der Waals surface area (Å²) >= 11 is 6.92. The first-order chi connectivity index (χ1) is 12.4. The second kappa shape index (κ2) is 7.72. The van der Waals surface area contributed by atoms with Crippen LogP contribution < -0.4 is 10.1 Å². The summed E-state index contributed by atoms with van der Waals surface area (Å²) in [6, 6.07) is 10.1. The lowest BCUT2D eigenvalue weighted by molar-refractivity contribution is -0.133. The molecule has 0 aromatic heterocycles. The molecule has 2 amide bonds. The number of hydrogen-bond acceptors (Lipinski definition) is 5. The molecule has 0 atom stereocenters. The monoisotopic (exact) mass is 391 g/mol. The number of benzene rings is 2. The Morgan fingerprint density at radius 2 is 1.92 bits per heavy atom. The number of carbonyl (C=O) groups excluding carboxylic acids is 3. The highest BCUT2D eigenvalue weighted by molar-refractivity contribution is 8.18. The maximum absolute atomic E-state index is 12.9. The van der Waals surface area contributed by atoms with Crippen molar-refractivity contribution in [2.45, 2.75) is 6.42 Å². The zero-order chi connectivity index (χ0) is 18.7. The fourth-order valence-corrected chi connectivity index (χ4v) is 3.10. The second-order valence-corrected chi connectivity index (χ2v) is 6.74. The molecule has 1 fully saturated rings. The Balaban J connectivity index is 1.68. The van der Waals surface area contributed by atoms with Crippen molar-refractivity contribution in [2.24, 2.45) is 0 Å². The minimum absolute atomic E-state index is 0.0265. The molecule has 1 aliphatic heterocycles. The lowest BCUT2D eigenvalue weighted by Crippen LogP contribution is -2.17. The zero-order valence-electron chi connectivity index (χ0n) is 13.1. The summed E-state index contributed by atoms with van der Waals surface area (Å²) in [7, 11) is 0. The molecule has 1 aliphatic rings.